The van der Waals surface area contributed by atoms with Gasteiger partial charge in [-0.05, 0) is 25.0 Å². The molecule has 7 nitrogen and oxygen atoms in total. The largest absolute Gasteiger partial charge is 0.346 e. The maximum atomic E-state index is 12.0. The van der Waals surface area contributed by atoms with Crippen LogP contribution in [0, 0.1) is 6.92 Å². The first-order valence-electron chi connectivity index (χ1n) is 7.84. The van der Waals surface area contributed by atoms with Gasteiger partial charge in [0, 0.05) is 6.07 Å². The van der Waals surface area contributed by atoms with E-state index in [4.69, 9.17) is 5.73 Å². The van der Waals surface area contributed by atoms with Crippen LogP contribution in [0.1, 0.15) is 31.0 Å². The minimum absolute atomic E-state index is 0.133. The predicted molar refractivity (Wildman–Crippen MR) is 93.1 cm³/mol. The number of rotatable bonds is 6. The van der Waals surface area contributed by atoms with E-state index in [2.05, 4.69) is 15.7 Å². The van der Waals surface area contributed by atoms with Crippen molar-refractivity contribution in [1.29, 1.82) is 0 Å². The Morgan fingerprint density at radius 2 is 1.88 bits per heavy atom. The summed E-state index contributed by atoms with van der Waals surface area (Å²) < 4.78 is 1.69. The molecule has 0 spiro atoms. The van der Waals surface area contributed by atoms with Crippen molar-refractivity contribution in [1.82, 2.24) is 15.1 Å². The van der Waals surface area contributed by atoms with Crippen LogP contribution in [-0.2, 0) is 9.59 Å². The molecule has 0 bridgehead atoms. The van der Waals surface area contributed by atoms with Gasteiger partial charge in [-0.25, -0.2) is 4.68 Å². The molecule has 2 aromatic rings. The molecule has 7 heteroatoms. The molecule has 2 amide bonds. The van der Waals surface area contributed by atoms with Gasteiger partial charge in [0.25, 0.3) is 0 Å². The van der Waals surface area contributed by atoms with E-state index in [9.17, 15) is 9.59 Å². The van der Waals surface area contributed by atoms with Crippen LogP contribution in [0.3, 0.4) is 0 Å². The number of anilines is 1. The third-order valence-corrected chi connectivity index (χ3v) is 3.50. The van der Waals surface area contributed by atoms with Gasteiger partial charge in [-0.1, -0.05) is 31.5 Å². The van der Waals surface area contributed by atoms with E-state index in [0.29, 0.717) is 5.82 Å². The van der Waals surface area contributed by atoms with E-state index in [-0.39, 0.29) is 30.8 Å². The fourth-order valence-corrected chi connectivity index (χ4v) is 2.09. The van der Waals surface area contributed by atoms with Gasteiger partial charge in [0.05, 0.1) is 24.5 Å². The van der Waals surface area contributed by atoms with Crippen molar-refractivity contribution in [2.75, 3.05) is 18.4 Å². The Hall–Kier alpha value is -2.67. The Balaban J connectivity index is 2.23. The van der Waals surface area contributed by atoms with Gasteiger partial charge in [0.15, 0.2) is 0 Å². The molecule has 0 unspecified atom stereocenters. The molecule has 0 aliphatic heterocycles. The standard InChI is InChI=1S/C17H23N5O2/c1-11(2)14-8-15(20-17(24)10-19-16(23)9-18)22(21-14)13-6-4-12(3)5-7-13/h4-8,11H,9-10,18H2,1-3H3,(H,19,23)(H,20,24). The first-order valence-corrected chi connectivity index (χ1v) is 7.84. The highest BCUT2D eigenvalue weighted by Crippen LogP contribution is 2.22. The monoisotopic (exact) mass is 329 g/mol. The number of carbonyl (C=O) groups excluding carboxylic acids is 2. The van der Waals surface area contributed by atoms with Crippen LogP contribution in [0.15, 0.2) is 30.3 Å². The fraction of sp³-hybridized carbons (Fsp3) is 0.353. The normalized spacial score (nSPS) is 10.7. The summed E-state index contributed by atoms with van der Waals surface area (Å²) in [6.45, 7) is 5.80. The smallest absolute Gasteiger partial charge is 0.244 e. The molecule has 0 radical (unpaired) electrons. The van der Waals surface area contributed by atoms with E-state index in [1.807, 2.05) is 51.1 Å². The summed E-state index contributed by atoms with van der Waals surface area (Å²) >= 11 is 0. The van der Waals surface area contributed by atoms with Crippen LogP contribution in [0.25, 0.3) is 5.69 Å². The van der Waals surface area contributed by atoms with Gasteiger partial charge >= 0.3 is 0 Å². The summed E-state index contributed by atoms with van der Waals surface area (Å²) in [5.41, 5.74) is 8.07. The number of carbonyl (C=O) groups is 2. The van der Waals surface area contributed by atoms with Crippen molar-refractivity contribution in [2.24, 2.45) is 5.73 Å². The predicted octanol–water partition coefficient (Wildman–Crippen LogP) is 1.32. The molecular formula is C17H23N5O2. The zero-order chi connectivity index (χ0) is 17.7. The summed E-state index contributed by atoms with van der Waals surface area (Å²) in [6.07, 6.45) is 0. The van der Waals surface area contributed by atoms with Crippen LogP contribution in [0.2, 0.25) is 0 Å². The lowest BCUT2D eigenvalue weighted by Gasteiger charge is -2.09. The van der Waals surface area contributed by atoms with Crippen molar-refractivity contribution in [3.63, 3.8) is 0 Å². The average Bonchev–Trinajstić information content (AvgIpc) is 2.97. The van der Waals surface area contributed by atoms with Crippen molar-refractivity contribution in [3.05, 3.63) is 41.6 Å². The summed E-state index contributed by atoms with van der Waals surface area (Å²) in [7, 11) is 0. The topological polar surface area (TPSA) is 102 Å². The number of aromatic nitrogens is 2. The molecule has 1 aromatic heterocycles. The van der Waals surface area contributed by atoms with Crippen molar-refractivity contribution in [3.8, 4) is 5.69 Å². The molecule has 0 saturated carbocycles. The van der Waals surface area contributed by atoms with Crippen molar-refractivity contribution < 1.29 is 9.59 Å². The molecule has 1 aromatic carbocycles. The summed E-state index contributed by atoms with van der Waals surface area (Å²) in [4.78, 5) is 23.2. The Bertz CT molecular complexity index is 719. The summed E-state index contributed by atoms with van der Waals surface area (Å²) in [5, 5.41) is 9.80. The Kier molecular flexibility index (Phi) is 5.70. The zero-order valence-corrected chi connectivity index (χ0v) is 14.2. The number of nitrogens with two attached hydrogens (primary N) is 1. The van der Waals surface area contributed by atoms with E-state index in [1.165, 1.54) is 0 Å². The second-order valence-electron chi connectivity index (χ2n) is 5.89. The first kappa shape index (κ1) is 17.7. The maximum absolute atomic E-state index is 12.0. The number of aryl methyl sites for hydroxylation is 1. The molecule has 0 aliphatic rings. The molecule has 0 atom stereocenters. The van der Waals surface area contributed by atoms with Crippen LogP contribution in [0.4, 0.5) is 5.82 Å². The van der Waals surface area contributed by atoms with Gasteiger partial charge in [-0.2, -0.15) is 5.10 Å². The van der Waals surface area contributed by atoms with Crippen LogP contribution >= 0.6 is 0 Å². The Morgan fingerprint density at radius 3 is 2.46 bits per heavy atom. The molecule has 0 fully saturated rings. The number of benzene rings is 1. The average molecular weight is 329 g/mol. The number of nitrogens with zero attached hydrogens (tertiary/aromatic N) is 2. The maximum Gasteiger partial charge on any atom is 0.244 e. The summed E-state index contributed by atoms with van der Waals surface area (Å²) in [5.74, 6) is 0.0827. The van der Waals surface area contributed by atoms with Crippen LogP contribution in [-0.4, -0.2) is 34.7 Å². The Morgan fingerprint density at radius 1 is 1.21 bits per heavy atom. The van der Waals surface area contributed by atoms with Gasteiger partial charge in [0.1, 0.15) is 5.82 Å². The quantitative estimate of drug-likeness (QED) is 0.744. The van der Waals surface area contributed by atoms with Gasteiger partial charge < -0.3 is 16.4 Å². The Labute approximate surface area is 141 Å². The molecule has 24 heavy (non-hydrogen) atoms. The SMILES string of the molecule is Cc1ccc(-n2nc(C(C)C)cc2NC(=O)CNC(=O)CN)cc1. The van der Waals surface area contributed by atoms with Gasteiger partial charge in [0.2, 0.25) is 11.8 Å². The lowest BCUT2D eigenvalue weighted by molar-refractivity contribution is -0.123. The summed E-state index contributed by atoms with van der Waals surface area (Å²) in [6, 6.07) is 9.70. The molecule has 128 valence electrons. The minimum Gasteiger partial charge on any atom is -0.346 e. The minimum atomic E-state index is -0.375. The molecule has 2 rings (SSSR count). The molecule has 4 N–H and O–H groups in total. The van der Waals surface area contributed by atoms with Crippen LogP contribution < -0.4 is 16.4 Å². The number of amides is 2. The highest BCUT2D eigenvalue weighted by Gasteiger charge is 2.14. The highest BCUT2D eigenvalue weighted by molar-refractivity contribution is 5.94. The number of nitrogens with one attached hydrogen (secondary N) is 2. The molecule has 0 saturated heterocycles. The van der Waals surface area contributed by atoms with E-state index in [0.717, 1.165) is 16.9 Å². The zero-order valence-electron chi connectivity index (χ0n) is 14.2. The van der Waals surface area contributed by atoms with Crippen LogP contribution in [0.5, 0.6) is 0 Å². The first-order chi connectivity index (χ1) is 11.4. The molecule has 0 aliphatic carbocycles. The second-order valence-corrected chi connectivity index (χ2v) is 5.89. The van der Waals surface area contributed by atoms with Crippen molar-refractivity contribution in [2.45, 2.75) is 26.7 Å². The van der Waals surface area contributed by atoms with E-state index in [1.54, 1.807) is 4.68 Å². The second kappa shape index (κ2) is 7.74. The molecule has 1 heterocycles. The van der Waals surface area contributed by atoms with Gasteiger partial charge in [-0.15, -0.1) is 0 Å². The third kappa shape index (κ3) is 4.42. The highest BCUT2D eigenvalue weighted by atomic mass is 16.2. The fourth-order valence-electron chi connectivity index (χ4n) is 2.09. The lowest BCUT2D eigenvalue weighted by atomic mass is 10.1. The van der Waals surface area contributed by atoms with E-state index >= 15 is 0 Å². The lowest BCUT2D eigenvalue weighted by Crippen LogP contribution is -2.36. The molecular weight excluding hydrogens is 306 g/mol. The van der Waals surface area contributed by atoms with Gasteiger partial charge in [-0.3, -0.25) is 9.59 Å². The van der Waals surface area contributed by atoms with E-state index < -0.39 is 0 Å². The number of hydrogen-bond acceptors (Lipinski definition) is 4. The number of hydrogen-bond donors (Lipinski definition) is 3. The third-order valence-electron chi connectivity index (χ3n) is 3.50. The van der Waals surface area contributed by atoms with Crippen molar-refractivity contribution >= 4 is 17.6 Å².